The summed E-state index contributed by atoms with van der Waals surface area (Å²) in [6.07, 6.45) is 0. The first-order chi connectivity index (χ1) is 11.5. The number of fused-ring (bicyclic) bond motifs is 1. The topological polar surface area (TPSA) is 71.2 Å². The van der Waals surface area contributed by atoms with Crippen LogP contribution in [0.2, 0.25) is 0 Å². The Balaban J connectivity index is 1.87. The lowest BCUT2D eigenvalue weighted by Gasteiger charge is -2.06. The van der Waals surface area contributed by atoms with E-state index in [2.05, 4.69) is 15.0 Å². The first-order valence-electron chi connectivity index (χ1n) is 7.27. The van der Waals surface area contributed by atoms with Gasteiger partial charge < -0.3 is 15.0 Å². The zero-order valence-corrected chi connectivity index (χ0v) is 13.1. The number of aromatic amines is 1. The maximum Gasteiger partial charge on any atom is 0.337 e. The summed E-state index contributed by atoms with van der Waals surface area (Å²) in [6.45, 7) is 1.76. The first-order valence-corrected chi connectivity index (χ1v) is 7.27. The largest absolute Gasteiger partial charge is 0.465 e. The van der Waals surface area contributed by atoms with Crippen LogP contribution in [0.15, 0.2) is 42.5 Å². The van der Waals surface area contributed by atoms with E-state index in [4.69, 9.17) is 0 Å². The van der Waals surface area contributed by atoms with E-state index < -0.39 is 5.97 Å². The summed E-state index contributed by atoms with van der Waals surface area (Å²) in [7, 11) is 1.31. The van der Waals surface area contributed by atoms with Gasteiger partial charge in [0, 0.05) is 22.3 Å². The molecule has 3 aromatic rings. The van der Waals surface area contributed by atoms with Gasteiger partial charge in [0.1, 0.15) is 5.82 Å². The van der Waals surface area contributed by atoms with Crippen molar-refractivity contribution in [1.29, 1.82) is 0 Å². The molecular weight excluding hydrogens is 311 g/mol. The summed E-state index contributed by atoms with van der Waals surface area (Å²) in [6, 6.07) is 10.6. The normalized spacial score (nSPS) is 10.6. The van der Waals surface area contributed by atoms with Crippen LogP contribution in [0.5, 0.6) is 0 Å². The van der Waals surface area contributed by atoms with Gasteiger partial charge in [-0.25, -0.2) is 9.18 Å². The molecule has 0 unspecified atom stereocenters. The lowest BCUT2D eigenvalue weighted by Crippen LogP contribution is -2.13. The van der Waals surface area contributed by atoms with Crippen molar-refractivity contribution in [3.05, 3.63) is 65.1 Å². The van der Waals surface area contributed by atoms with Crippen molar-refractivity contribution in [3.63, 3.8) is 0 Å². The van der Waals surface area contributed by atoms with Crippen LogP contribution < -0.4 is 5.32 Å². The average Bonchev–Trinajstić information content (AvgIpc) is 2.89. The number of H-pyrrole nitrogens is 1. The van der Waals surface area contributed by atoms with E-state index in [1.807, 2.05) is 0 Å². The lowest BCUT2D eigenvalue weighted by molar-refractivity contribution is 0.0600. The number of benzene rings is 2. The van der Waals surface area contributed by atoms with Gasteiger partial charge in [-0.1, -0.05) is 0 Å². The molecule has 1 amide bonds. The second-order valence-corrected chi connectivity index (χ2v) is 5.34. The van der Waals surface area contributed by atoms with Gasteiger partial charge in [0.05, 0.1) is 18.2 Å². The molecule has 0 bridgehead atoms. The number of aryl methyl sites for hydroxylation is 1. The van der Waals surface area contributed by atoms with E-state index in [9.17, 15) is 14.0 Å². The lowest BCUT2D eigenvalue weighted by atomic mass is 10.1. The van der Waals surface area contributed by atoms with E-state index in [0.29, 0.717) is 33.4 Å². The molecule has 122 valence electrons. The molecule has 0 fully saturated rings. The predicted molar refractivity (Wildman–Crippen MR) is 88.7 cm³/mol. The quantitative estimate of drug-likeness (QED) is 0.722. The third kappa shape index (κ3) is 2.86. The Bertz CT molecular complexity index is 929. The second kappa shape index (κ2) is 6.16. The molecule has 1 aromatic heterocycles. The summed E-state index contributed by atoms with van der Waals surface area (Å²) < 4.78 is 17.9. The fraction of sp³-hybridized carbons (Fsp3) is 0.111. The standard InChI is InChI=1S/C18H15FN2O3/c1-10-16(14-8-5-12(19)9-15(14)20-10)17(22)21-13-6-3-11(4-7-13)18(23)24-2/h3-9,20H,1-2H3,(H,21,22). The summed E-state index contributed by atoms with van der Waals surface area (Å²) in [5.74, 6) is -1.12. The molecule has 0 aliphatic heterocycles. The Labute approximate surface area is 137 Å². The Kier molecular flexibility index (Phi) is 4.04. The minimum Gasteiger partial charge on any atom is -0.465 e. The fourth-order valence-electron chi connectivity index (χ4n) is 2.60. The second-order valence-electron chi connectivity index (χ2n) is 5.34. The number of rotatable bonds is 3. The molecule has 3 rings (SSSR count). The molecular formula is C18H15FN2O3. The number of esters is 1. The monoisotopic (exact) mass is 326 g/mol. The predicted octanol–water partition coefficient (Wildman–Crippen LogP) is 3.65. The molecule has 6 heteroatoms. The Hall–Kier alpha value is -3.15. The minimum absolute atomic E-state index is 0.309. The summed E-state index contributed by atoms with van der Waals surface area (Å²) in [4.78, 5) is 27.0. The Morgan fingerprint density at radius 1 is 1.12 bits per heavy atom. The SMILES string of the molecule is COC(=O)c1ccc(NC(=O)c2c(C)[nH]c3cc(F)ccc23)cc1. The molecule has 2 aromatic carbocycles. The van der Waals surface area contributed by atoms with Gasteiger partial charge in [0.25, 0.3) is 5.91 Å². The smallest absolute Gasteiger partial charge is 0.337 e. The number of methoxy groups -OCH3 is 1. The minimum atomic E-state index is -0.442. The maximum absolute atomic E-state index is 13.3. The summed E-state index contributed by atoms with van der Waals surface area (Å²) in [5.41, 5.74) is 2.62. The van der Waals surface area contributed by atoms with Gasteiger partial charge in [0.2, 0.25) is 0 Å². The number of halogens is 1. The van der Waals surface area contributed by atoms with E-state index in [-0.39, 0.29) is 11.7 Å². The average molecular weight is 326 g/mol. The van der Waals surface area contributed by atoms with E-state index in [0.717, 1.165) is 0 Å². The number of nitrogens with one attached hydrogen (secondary N) is 2. The van der Waals surface area contributed by atoms with Crippen molar-refractivity contribution in [2.45, 2.75) is 6.92 Å². The summed E-state index contributed by atoms with van der Waals surface area (Å²) in [5, 5.41) is 3.42. The number of carbonyl (C=O) groups is 2. The molecule has 0 aliphatic carbocycles. The number of aromatic nitrogens is 1. The van der Waals surface area contributed by atoms with Crippen LogP contribution >= 0.6 is 0 Å². The number of hydrogen-bond acceptors (Lipinski definition) is 3. The van der Waals surface area contributed by atoms with Crippen LogP contribution in [0, 0.1) is 12.7 Å². The number of carbonyl (C=O) groups excluding carboxylic acids is 2. The number of anilines is 1. The fourth-order valence-corrected chi connectivity index (χ4v) is 2.60. The highest BCUT2D eigenvalue weighted by Gasteiger charge is 2.16. The van der Waals surface area contributed by atoms with Crippen LogP contribution in [-0.2, 0) is 4.74 Å². The maximum atomic E-state index is 13.3. The Morgan fingerprint density at radius 2 is 1.83 bits per heavy atom. The van der Waals surface area contributed by atoms with Crippen molar-refractivity contribution in [3.8, 4) is 0 Å². The molecule has 24 heavy (non-hydrogen) atoms. The van der Waals surface area contributed by atoms with Crippen molar-refractivity contribution in [2.24, 2.45) is 0 Å². The van der Waals surface area contributed by atoms with E-state index in [1.54, 1.807) is 37.3 Å². The molecule has 5 nitrogen and oxygen atoms in total. The zero-order valence-electron chi connectivity index (χ0n) is 13.1. The van der Waals surface area contributed by atoms with Crippen LogP contribution in [0.4, 0.5) is 10.1 Å². The van der Waals surface area contributed by atoms with E-state index >= 15 is 0 Å². The molecule has 0 radical (unpaired) electrons. The number of hydrogen-bond donors (Lipinski definition) is 2. The van der Waals surface area contributed by atoms with Crippen LogP contribution in [-0.4, -0.2) is 24.0 Å². The molecule has 0 aliphatic rings. The third-order valence-corrected chi connectivity index (χ3v) is 3.74. The van der Waals surface area contributed by atoms with Gasteiger partial charge in [-0.3, -0.25) is 4.79 Å². The van der Waals surface area contributed by atoms with Gasteiger partial charge in [-0.2, -0.15) is 0 Å². The van der Waals surface area contributed by atoms with Gasteiger partial charge in [-0.05, 0) is 49.4 Å². The molecule has 1 heterocycles. The number of amides is 1. The van der Waals surface area contributed by atoms with Crippen LogP contribution in [0.1, 0.15) is 26.4 Å². The van der Waals surface area contributed by atoms with Crippen molar-refractivity contribution in [2.75, 3.05) is 12.4 Å². The molecule has 0 saturated heterocycles. The van der Waals surface area contributed by atoms with Crippen LogP contribution in [0.25, 0.3) is 10.9 Å². The molecule has 2 N–H and O–H groups in total. The Morgan fingerprint density at radius 3 is 2.50 bits per heavy atom. The van der Waals surface area contributed by atoms with E-state index in [1.165, 1.54) is 19.2 Å². The highest BCUT2D eigenvalue weighted by molar-refractivity contribution is 6.14. The van der Waals surface area contributed by atoms with Crippen molar-refractivity contribution in [1.82, 2.24) is 4.98 Å². The first kappa shape index (κ1) is 15.7. The zero-order chi connectivity index (χ0) is 17.3. The van der Waals surface area contributed by atoms with Crippen molar-refractivity contribution < 1.29 is 18.7 Å². The molecule has 0 spiro atoms. The number of ether oxygens (including phenoxy) is 1. The van der Waals surface area contributed by atoms with Gasteiger partial charge in [-0.15, -0.1) is 0 Å². The highest BCUT2D eigenvalue weighted by Crippen LogP contribution is 2.24. The molecule has 0 saturated carbocycles. The summed E-state index contributed by atoms with van der Waals surface area (Å²) >= 11 is 0. The van der Waals surface area contributed by atoms with Crippen molar-refractivity contribution >= 4 is 28.5 Å². The van der Waals surface area contributed by atoms with Gasteiger partial charge in [0.15, 0.2) is 0 Å². The molecule has 0 atom stereocenters. The highest BCUT2D eigenvalue weighted by atomic mass is 19.1. The third-order valence-electron chi connectivity index (χ3n) is 3.74. The van der Waals surface area contributed by atoms with Crippen LogP contribution in [0.3, 0.4) is 0 Å². The van der Waals surface area contributed by atoms with Gasteiger partial charge >= 0.3 is 5.97 Å².